The van der Waals surface area contributed by atoms with Crippen molar-refractivity contribution in [3.05, 3.63) is 96.1 Å². The third-order valence-electron chi connectivity index (χ3n) is 5.51. The van der Waals surface area contributed by atoms with E-state index in [-0.39, 0.29) is 11.9 Å². The quantitative estimate of drug-likeness (QED) is 0.455. The first-order chi connectivity index (χ1) is 16.2. The van der Waals surface area contributed by atoms with Crippen LogP contribution in [0.15, 0.2) is 90.1 Å². The summed E-state index contributed by atoms with van der Waals surface area (Å²) in [6.07, 6.45) is 0. The molecule has 2 N–H and O–H groups in total. The Morgan fingerprint density at radius 3 is 2.39 bits per heavy atom. The highest BCUT2D eigenvalue weighted by Gasteiger charge is 2.37. The van der Waals surface area contributed by atoms with Crippen molar-refractivity contribution in [1.29, 1.82) is 0 Å². The van der Waals surface area contributed by atoms with Crippen LogP contribution >= 0.6 is 11.8 Å². The van der Waals surface area contributed by atoms with Gasteiger partial charge in [-0.2, -0.15) is 0 Å². The Morgan fingerprint density at radius 1 is 1.00 bits per heavy atom. The second-order valence-corrected chi connectivity index (χ2v) is 8.74. The van der Waals surface area contributed by atoms with Gasteiger partial charge in [-0.15, -0.1) is 10.2 Å². The normalized spacial score (nSPS) is 17.0. The first-order valence-electron chi connectivity index (χ1n) is 10.6. The van der Waals surface area contributed by atoms with Crippen molar-refractivity contribution in [3.63, 3.8) is 0 Å². The molecule has 0 bridgehead atoms. The first-order valence-corrected chi connectivity index (χ1v) is 11.5. The summed E-state index contributed by atoms with van der Waals surface area (Å²) in [5, 5.41) is 12.0. The molecule has 2 atom stereocenters. The van der Waals surface area contributed by atoms with Crippen molar-refractivity contribution in [1.82, 2.24) is 20.2 Å². The van der Waals surface area contributed by atoms with E-state index in [1.165, 1.54) is 11.8 Å². The van der Waals surface area contributed by atoms with Crippen molar-refractivity contribution in [3.8, 4) is 17.1 Å². The standard InChI is InChI=1S/C25H23N5O2S/c1-32-20-14-12-18(13-15-20)21-22(24(31)26-16-17-8-4-2-5-9-17)33-25-28-27-23(30(25)29-21)19-10-6-3-7-11-19/h2-15,21-22,29H,16H2,1H3,(H,26,31)/t21-,22-/m1/s1. The van der Waals surface area contributed by atoms with E-state index >= 15 is 0 Å². The Balaban J connectivity index is 1.46. The molecule has 0 spiro atoms. The second-order valence-electron chi connectivity index (χ2n) is 7.63. The van der Waals surface area contributed by atoms with Crippen LogP contribution in [0.1, 0.15) is 17.2 Å². The Bertz CT molecular complexity index is 1230. The summed E-state index contributed by atoms with van der Waals surface area (Å²) < 4.78 is 7.18. The summed E-state index contributed by atoms with van der Waals surface area (Å²) in [4.78, 5) is 13.3. The third kappa shape index (κ3) is 4.42. The molecule has 0 fully saturated rings. The Hall–Kier alpha value is -3.78. The number of nitrogens with zero attached hydrogens (tertiary/aromatic N) is 3. The van der Waals surface area contributed by atoms with E-state index in [1.54, 1.807) is 7.11 Å². The number of hydrogen-bond acceptors (Lipinski definition) is 6. The third-order valence-corrected chi connectivity index (χ3v) is 6.73. The van der Waals surface area contributed by atoms with Crippen LogP contribution in [-0.2, 0) is 11.3 Å². The van der Waals surface area contributed by atoms with Gasteiger partial charge in [0.2, 0.25) is 11.1 Å². The molecule has 1 aromatic heterocycles. The molecule has 1 amide bonds. The molecule has 5 rings (SSSR count). The number of methoxy groups -OCH3 is 1. The first kappa shape index (κ1) is 21.1. The van der Waals surface area contributed by atoms with Crippen molar-refractivity contribution >= 4 is 17.7 Å². The van der Waals surface area contributed by atoms with Crippen LogP contribution < -0.4 is 15.5 Å². The fourth-order valence-corrected chi connectivity index (χ4v) is 4.88. The molecule has 0 saturated carbocycles. The van der Waals surface area contributed by atoms with E-state index < -0.39 is 5.25 Å². The largest absolute Gasteiger partial charge is 0.497 e. The maximum atomic E-state index is 13.3. The van der Waals surface area contributed by atoms with E-state index in [4.69, 9.17) is 4.74 Å². The van der Waals surface area contributed by atoms with E-state index in [0.29, 0.717) is 17.5 Å². The van der Waals surface area contributed by atoms with Crippen molar-refractivity contribution < 1.29 is 9.53 Å². The highest BCUT2D eigenvalue weighted by molar-refractivity contribution is 8.00. The van der Waals surface area contributed by atoms with Gasteiger partial charge in [-0.3, -0.25) is 4.79 Å². The smallest absolute Gasteiger partial charge is 0.236 e. The summed E-state index contributed by atoms with van der Waals surface area (Å²) in [6, 6.07) is 27.2. The van der Waals surface area contributed by atoms with Crippen molar-refractivity contribution in [2.45, 2.75) is 23.0 Å². The lowest BCUT2D eigenvalue weighted by atomic mass is 10.0. The van der Waals surface area contributed by atoms with Gasteiger partial charge in [0.15, 0.2) is 5.82 Å². The number of fused-ring (bicyclic) bond motifs is 1. The molecule has 4 aromatic rings. The lowest BCUT2D eigenvalue weighted by molar-refractivity contribution is -0.121. The van der Waals surface area contributed by atoms with E-state index in [1.807, 2.05) is 89.6 Å². The van der Waals surface area contributed by atoms with Crippen LogP contribution in [0.25, 0.3) is 11.4 Å². The highest BCUT2D eigenvalue weighted by atomic mass is 32.2. The van der Waals surface area contributed by atoms with Crippen LogP contribution in [0.3, 0.4) is 0 Å². The number of rotatable bonds is 6. The molecule has 2 heterocycles. The minimum atomic E-state index is -0.428. The lowest BCUT2D eigenvalue weighted by Crippen LogP contribution is -2.43. The summed E-state index contributed by atoms with van der Waals surface area (Å²) in [7, 11) is 1.64. The summed E-state index contributed by atoms with van der Waals surface area (Å²) >= 11 is 1.41. The highest BCUT2D eigenvalue weighted by Crippen LogP contribution is 2.38. The zero-order chi connectivity index (χ0) is 22.6. The number of hydrogen-bond donors (Lipinski definition) is 2. The van der Waals surface area contributed by atoms with E-state index in [0.717, 1.165) is 22.4 Å². The van der Waals surface area contributed by atoms with Crippen molar-refractivity contribution in [2.75, 3.05) is 12.5 Å². The van der Waals surface area contributed by atoms with Gasteiger partial charge in [0, 0.05) is 12.1 Å². The molecule has 1 aliphatic rings. The predicted molar refractivity (Wildman–Crippen MR) is 128 cm³/mol. The molecule has 33 heavy (non-hydrogen) atoms. The topological polar surface area (TPSA) is 81.1 Å². The molecule has 3 aromatic carbocycles. The number of ether oxygens (including phenoxy) is 1. The molecular formula is C25H23N5O2S. The molecule has 0 radical (unpaired) electrons. The van der Waals surface area contributed by atoms with Crippen LogP contribution in [0.2, 0.25) is 0 Å². The van der Waals surface area contributed by atoms with Gasteiger partial charge in [-0.1, -0.05) is 84.6 Å². The van der Waals surface area contributed by atoms with Gasteiger partial charge in [-0.05, 0) is 23.3 Å². The summed E-state index contributed by atoms with van der Waals surface area (Å²) in [5.74, 6) is 1.41. The molecule has 7 nitrogen and oxygen atoms in total. The van der Waals surface area contributed by atoms with Crippen LogP contribution in [0.5, 0.6) is 5.75 Å². The predicted octanol–water partition coefficient (Wildman–Crippen LogP) is 4.03. The van der Waals surface area contributed by atoms with Gasteiger partial charge in [-0.25, -0.2) is 4.68 Å². The molecule has 1 aliphatic heterocycles. The Kier molecular flexibility index (Phi) is 5.99. The number of benzene rings is 3. The Morgan fingerprint density at radius 2 is 1.70 bits per heavy atom. The number of carbonyl (C=O) groups is 1. The Labute approximate surface area is 196 Å². The van der Waals surface area contributed by atoms with Gasteiger partial charge < -0.3 is 15.5 Å². The number of amides is 1. The number of nitrogens with one attached hydrogen (secondary N) is 2. The molecule has 0 unspecified atom stereocenters. The van der Waals surface area contributed by atoms with E-state index in [2.05, 4.69) is 20.9 Å². The van der Waals surface area contributed by atoms with E-state index in [9.17, 15) is 4.79 Å². The van der Waals surface area contributed by atoms with Gasteiger partial charge in [0.25, 0.3) is 0 Å². The van der Waals surface area contributed by atoms with Gasteiger partial charge in [0.1, 0.15) is 11.0 Å². The minimum Gasteiger partial charge on any atom is -0.497 e. The number of thioether (sulfide) groups is 1. The number of aromatic nitrogens is 3. The fourth-order valence-electron chi connectivity index (χ4n) is 3.78. The minimum absolute atomic E-state index is 0.0623. The number of carbonyl (C=O) groups excluding carboxylic acids is 1. The zero-order valence-electron chi connectivity index (χ0n) is 18.0. The SMILES string of the molecule is COc1ccc([C@H]2Nn3c(nnc3-c3ccccc3)S[C@H]2C(=O)NCc2ccccc2)cc1. The molecule has 0 aliphatic carbocycles. The lowest BCUT2D eigenvalue weighted by Gasteiger charge is -2.33. The fraction of sp³-hybridized carbons (Fsp3) is 0.160. The monoisotopic (exact) mass is 457 g/mol. The van der Waals surface area contributed by atoms with Crippen LogP contribution in [0.4, 0.5) is 0 Å². The average molecular weight is 458 g/mol. The second kappa shape index (κ2) is 9.38. The molecular weight excluding hydrogens is 434 g/mol. The molecule has 8 heteroatoms. The maximum Gasteiger partial charge on any atom is 0.236 e. The maximum absolute atomic E-state index is 13.3. The molecule has 0 saturated heterocycles. The van der Waals surface area contributed by atoms with Crippen LogP contribution in [0, 0.1) is 0 Å². The average Bonchev–Trinajstić information content (AvgIpc) is 3.31. The molecule has 166 valence electrons. The summed E-state index contributed by atoms with van der Waals surface area (Å²) in [6.45, 7) is 0.466. The van der Waals surface area contributed by atoms with Crippen molar-refractivity contribution in [2.24, 2.45) is 0 Å². The zero-order valence-corrected chi connectivity index (χ0v) is 18.8. The van der Waals surface area contributed by atoms with Gasteiger partial charge in [0.05, 0.1) is 13.2 Å². The van der Waals surface area contributed by atoms with Gasteiger partial charge >= 0.3 is 0 Å². The van der Waals surface area contributed by atoms with Crippen LogP contribution in [-0.4, -0.2) is 33.1 Å². The summed E-state index contributed by atoms with van der Waals surface area (Å²) in [5.41, 5.74) is 6.47.